The Bertz CT molecular complexity index is 1040. The molecule has 5 fully saturated rings. The average molecular weight is 575 g/mol. The summed E-state index contributed by atoms with van der Waals surface area (Å²) in [6.45, 7) is 8.69. The molecule has 1 heterocycles. The van der Waals surface area contributed by atoms with Crippen LogP contribution in [-0.2, 0) is 28.7 Å². The largest absolute Gasteiger partial charge is 0.469 e. The van der Waals surface area contributed by atoms with Crippen molar-refractivity contribution in [2.24, 2.45) is 46.3 Å². The number of aliphatic hydroxyl groups excluding tert-OH is 1. The number of ether oxygens (including phenoxy) is 2. The predicted octanol–water partition coefficient (Wildman–Crippen LogP) is 3.16. The van der Waals surface area contributed by atoms with Gasteiger partial charge in [-0.25, -0.2) is 0 Å². The molecule has 41 heavy (non-hydrogen) atoms. The molecule has 1 amide bonds. The number of fused-ring (bicyclic) bond motifs is 5. The molecule has 0 aromatic carbocycles. The lowest BCUT2D eigenvalue weighted by Gasteiger charge is -2.64. The van der Waals surface area contributed by atoms with Gasteiger partial charge >= 0.3 is 11.9 Å². The number of esters is 2. The van der Waals surface area contributed by atoms with Gasteiger partial charge in [0.25, 0.3) is 0 Å². The van der Waals surface area contributed by atoms with Crippen molar-refractivity contribution in [2.75, 3.05) is 13.7 Å². The molecule has 3 N–H and O–H groups in total. The number of amides is 1. The van der Waals surface area contributed by atoms with Crippen LogP contribution in [0.5, 0.6) is 0 Å². The molecule has 0 spiro atoms. The zero-order valence-electron chi connectivity index (χ0n) is 25.4. The third-order valence-electron chi connectivity index (χ3n) is 12.3. The number of carbonyl (C=O) groups excluding carboxylic acids is 4. The molecule has 0 bridgehead atoms. The second kappa shape index (κ2) is 11.6. The Hall–Kier alpha value is -2.00. The molecule has 9 nitrogen and oxygen atoms in total. The molecule has 5 aliphatic rings. The van der Waals surface area contributed by atoms with Crippen molar-refractivity contribution in [3.05, 3.63) is 0 Å². The Morgan fingerprint density at radius 3 is 2.56 bits per heavy atom. The molecule has 4 saturated carbocycles. The lowest BCUT2D eigenvalue weighted by molar-refractivity contribution is -0.201. The highest BCUT2D eigenvalue weighted by Crippen LogP contribution is 2.67. The smallest absolute Gasteiger partial charge is 0.305 e. The number of hydrogen-bond acceptors (Lipinski definition) is 8. The van der Waals surface area contributed by atoms with Gasteiger partial charge in [0.15, 0.2) is 5.78 Å². The summed E-state index contributed by atoms with van der Waals surface area (Å²) >= 11 is 0. The van der Waals surface area contributed by atoms with E-state index in [-0.39, 0.29) is 76.7 Å². The Labute approximate surface area is 244 Å². The van der Waals surface area contributed by atoms with Crippen molar-refractivity contribution < 1.29 is 33.8 Å². The van der Waals surface area contributed by atoms with Crippen molar-refractivity contribution in [1.82, 2.24) is 10.6 Å². The van der Waals surface area contributed by atoms with Gasteiger partial charge in [0.2, 0.25) is 5.91 Å². The van der Waals surface area contributed by atoms with Crippen LogP contribution in [0, 0.1) is 46.3 Å². The van der Waals surface area contributed by atoms with Gasteiger partial charge in [-0.3, -0.25) is 19.2 Å². The number of hydrogen-bond donors (Lipinski definition) is 3. The monoisotopic (exact) mass is 574 g/mol. The van der Waals surface area contributed by atoms with E-state index in [1.165, 1.54) is 14.0 Å². The number of ketones is 1. The molecule has 4 aliphatic carbocycles. The van der Waals surface area contributed by atoms with Crippen LogP contribution in [0.4, 0.5) is 0 Å². The van der Waals surface area contributed by atoms with Crippen molar-refractivity contribution in [2.45, 2.75) is 116 Å². The summed E-state index contributed by atoms with van der Waals surface area (Å²) in [5.74, 6) is -0.599. The van der Waals surface area contributed by atoms with E-state index in [1.54, 1.807) is 0 Å². The fourth-order valence-corrected chi connectivity index (χ4v) is 10.3. The van der Waals surface area contributed by atoms with Crippen LogP contribution in [0.2, 0.25) is 0 Å². The maximum atomic E-state index is 15.0. The van der Waals surface area contributed by atoms with Crippen molar-refractivity contribution in [3.63, 3.8) is 0 Å². The fraction of sp³-hybridized carbons (Fsp3) is 0.875. The first-order chi connectivity index (χ1) is 19.4. The van der Waals surface area contributed by atoms with Crippen LogP contribution >= 0.6 is 0 Å². The van der Waals surface area contributed by atoms with Crippen LogP contribution in [0.1, 0.15) is 91.9 Å². The van der Waals surface area contributed by atoms with E-state index in [1.807, 2.05) is 0 Å². The minimum absolute atomic E-state index is 0.0114. The van der Waals surface area contributed by atoms with Crippen molar-refractivity contribution in [3.8, 4) is 0 Å². The lowest BCUT2D eigenvalue weighted by Crippen LogP contribution is -2.71. The number of carbonyl (C=O) groups is 4. The molecule has 1 aliphatic heterocycles. The summed E-state index contributed by atoms with van der Waals surface area (Å²) in [7, 11) is 1.40. The zero-order valence-corrected chi connectivity index (χ0v) is 25.4. The molecule has 0 aromatic heterocycles. The Kier molecular flexibility index (Phi) is 8.61. The standard InChI is InChI=1S/C32H50N2O7/c1-17(8-11-25(37)40-5)21-9-10-22-26-24(41-18(2)35)16-19-15-20(36)12-13-31(19,3)27(26)28(29(38)32(21,22)4)34-30(39)23-7-6-14-33-23/h17,19-24,26-28,33,36H,6-16H2,1-5H3,(H,34,39)/t17-,19+,20-,21?,22?,23?,24-,26?,27?,28+,31+,32-/m1/s1. The van der Waals surface area contributed by atoms with E-state index in [2.05, 4.69) is 31.4 Å². The summed E-state index contributed by atoms with van der Waals surface area (Å²) in [5, 5.41) is 17.2. The second-order valence-corrected chi connectivity index (χ2v) is 14.3. The Balaban J connectivity index is 1.56. The van der Waals surface area contributed by atoms with Crippen LogP contribution in [0.15, 0.2) is 0 Å². The molecule has 9 heteroatoms. The van der Waals surface area contributed by atoms with Crippen LogP contribution in [0.25, 0.3) is 0 Å². The van der Waals surface area contributed by atoms with E-state index in [0.29, 0.717) is 32.1 Å². The van der Waals surface area contributed by atoms with Gasteiger partial charge in [0.1, 0.15) is 6.10 Å². The van der Waals surface area contributed by atoms with Gasteiger partial charge in [-0.05, 0) is 99.3 Å². The highest BCUT2D eigenvalue weighted by atomic mass is 16.5. The summed E-state index contributed by atoms with van der Waals surface area (Å²) < 4.78 is 11.0. The quantitative estimate of drug-likeness (QED) is 0.395. The number of aliphatic hydroxyl groups is 1. The summed E-state index contributed by atoms with van der Waals surface area (Å²) in [6, 6.07) is -1.000. The normalized spacial score (nSPS) is 44.2. The number of rotatable bonds is 7. The molecule has 230 valence electrons. The van der Waals surface area contributed by atoms with Crippen molar-refractivity contribution in [1.29, 1.82) is 0 Å². The Morgan fingerprint density at radius 2 is 1.90 bits per heavy atom. The van der Waals surface area contributed by atoms with Gasteiger partial charge < -0.3 is 25.2 Å². The highest BCUT2D eigenvalue weighted by Gasteiger charge is 2.70. The van der Waals surface area contributed by atoms with Crippen molar-refractivity contribution >= 4 is 23.6 Å². The number of methoxy groups -OCH3 is 1. The third kappa shape index (κ3) is 5.23. The summed E-state index contributed by atoms with van der Waals surface area (Å²) in [4.78, 5) is 53.0. The molecule has 5 rings (SSSR count). The van der Waals surface area contributed by atoms with E-state index >= 15 is 0 Å². The molecule has 0 radical (unpaired) electrons. The SMILES string of the molecule is COC(=O)CC[C@@H](C)C1CCC2C3C([C@H](NC(=O)C4CCCN4)C(=O)[C@@]21C)[C@@]1(C)CC[C@@H](O)C[C@H]1C[C@H]3OC(C)=O. The van der Waals surface area contributed by atoms with Gasteiger partial charge in [-0.2, -0.15) is 0 Å². The molecule has 5 unspecified atom stereocenters. The van der Waals surface area contributed by atoms with Crippen LogP contribution < -0.4 is 10.6 Å². The first-order valence-corrected chi connectivity index (χ1v) is 15.9. The molecule has 0 aromatic rings. The molecule has 1 saturated heterocycles. The van der Waals surface area contributed by atoms with Gasteiger partial charge in [0, 0.05) is 24.7 Å². The van der Waals surface area contributed by atoms with Crippen LogP contribution in [0.3, 0.4) is 0 Å². The number of nitrogens with one attached hydrogen (secondary N) is 2. The first kappa shape index (κ1) is 30.5. The minimum Gasteiger partial charge on any atom is -0.469 e. The molecule has 12 atom stereocenters. The van der Waals surface area contributed by atoms with Gasteiger partial charge in [-0.15, -0.1) is 0 Å². The van der Waals surface area contributed by atoms with E-state index < -0.39 is 17.6 Å². The van der Waals surface area contributed by atoms with E-state index in [9.17, 15) is 24.3 Å². The minimum atomic E-state index is -0.715. The zero-order chi connectivity index (χ0) is 29.7. The Morgan fingerprint density at radius 1 is 1.15 bits per heavy atom. The maximum Gasteiger partial charge on any atom is 0.305 e. The maximum absolute atomic E-state index is 15.0. The first-order valence-electron chi connectivity index (χ1n) is 15.9. The van der Waals surface area contributed by atoms with Crippen LogP contribution in [-0.4, -0.2) is 66.7 Å². The topological polar surface area (TPSA) is 131 Å². The second-order valence-electron chi connectivity index (χ2n) is 14.3. The van der Waals surface area contributed by atoms with Gasteiger partial charge in [0.05, 0.1) is 25.3 Å². The summed E-state index contributed by atoms with van der Waals surface area (Å²) in [5.41, 5.74) is -0.985. The molecular weight excluding hydrogens is 524 g/mol. The summed E-state index contributed by atoms with van der Waals surface area (Å²) in [6.07, 6.45) is 6.27. The third-order valence-corrected chi connectivity index (χ3v) is 12.3. The average Bonchev–Trinajstić information content (AvgIpc) is 3.59. The lowest BCUT2D eigenvalue weighted by atomic mass is 9.42. The van der Waals surface area contributed by atoms with Gasteiger partial charge in [-0.1, -0.05) is 20.8 Å². The number of Topliss-reactive ketones (excluding diaryl/α,β-unsaturated/α-hetero) is 1. The highest BCUT2D eigenvalue weighted by molar-refractivity contribution is 5.96. The van der Waals surface area contributed by atoms with E-state index in [4.69, 9.17) is 9.47 Å². The molecular formula is C32H50N2O7. The predicted molar refractivity (Wildman–Crippen MR) is 151 cm³/mol. The fourth-order valence-electron chi connectivity index (χ4n) is 10.3. The van der Waals surface area contributed by atoms with E-state index in [0.717, 1.165) is 38.6 Å².